The number of anilines is 2. The van der Waals surface area contributed by atoms with E-state index < -0.39 is 0 Å². The van der Waals surface area contributed by atoms with Crippen LogP contribution in [0, 0.1) is 0 Å². The summed E-state index contributed by atoms with van der Waals surface area (Å²) in [5.74, 6) is 2.32. The molecule has 0 aromatic carbocycles. The molecule has 0 amide bonds. The molecule has 2 fully saturated rings. The number of hydrogen-bond acceptors (Lipinski definition) is 4. The normalized spacial score (nSPS) is 18.9. The summed E-state index contributed by atoms with van der Waals surface area (Å²) in [5.41, 5.74) is 1.34. The second kappa shape index (κ2) is 4.53. The number of pyridine rings is 1. The molecule has 2 aliphatic heterocycles. The van der Waals surface area contributed by atoms with Crippen molar-refractivity contribution in [2.45, 2.75) is 19.4 Å². The number of nitrogens with one attached hydrogen (secondary N) is 1. The molecule has 1 aromatic heterocycles. The van der Waals surface area contributed by atoms with Crippen LogP contribution < -0.4 is 15.1 Å². The fraction of sp³-hybridized carbons (Fsp3) is 0.615. The molecule has 1 N–H and O–H groups in total. The summed E-state index contributed by atoms with van der Waals surface area (Å²) >= 11 is 0. The Balaban J connectivity index is 1.87. The van der Waals surface area contributed by atoms with Gasteiger partial charge in [-0.3, -0.25) is 0 Å². The van der Waals surface area contributed by atoms with Gasteiger partial charge < -0.3 is 15.1 Å². The van der Waals surface area contributed by atoms with E-state index in [-0.39, 0.29) is 0 Å². The summed E-state index contributed by atoms with van der Waals surface area (Å²) in [6.45, 7) is 5.57. The lowest BCUT2D eigenvalue weighted by atomic mass is 10.1. The van der Waals surface area contributed by atoms with Crippen molar-refractivity contribution >= 4 is 11.6 Å². The van der Waals surface area contributed by atoms with Gasteiger partial charge in [0.1, 0.15) is 11.6 Å². The Kier molecular flexibility index (Phi) is 2.89. The molecule has 0 spiro atoms. The molecular weight excluding hydrogens is 212 g/mol. The highest BCUT2D eigenvalue weighted by molar-refractivity contribution is 5.53. The minimum Gasteiger partial charge on any atom is -0.356 e. The predicted molar refractivity (Wildman–Crippen MR) is 70.7 cm³/mol. The second-order valence-electron chi connectivity index (χ2n) is 4.90. The lowest BCUT2D eigenvalue weighted by Crippen LogP contribution is -2.40. The molecule has 4 nitrogen and oxygen atoms in total. The molecule has 2 saturated heterocycles. The van der Waals surface area contributed by atoms with Crippen molar-refractivity contribution in [3.05, 3.63) is 17.7 Å². The summed E-state index contributed by atoms with van der Waals surface area (Å²) in [4.78, 5) is 9.51. The van der Waals surface area contributed by atoms with E-state index in [0.717, 1.165) is 44.4 Å². The standard InChI is InChI=1S/C13H20N4/c1-14-10-11-8-12(16-4-2-5-16)15-13(9-11)17-6-3-7-17/h8-9,14H,2-7,10H2,1H3. The van der Waals surface area contributed by atoms with Crippen molar-refractivity contribution < 1.29 is 0 Å². The molecule has 2 aliphatic rings. The Bertz CT molecular complexity index is 364. The van der Waals surface area contributed by atoms with Gasteiger partial charge >= 0.3 is 0 Å². The lowest BCUT2D eigenvalue weighted by Gasteiger charge is -2.36. The van der Waals surface area contributed by atoms with E-state index in [4.69, 9.17) is 4.98 Å². The van der Waals surface area contributed by atoms with Gasteiger partial charge in [0.25, 0.3) is 0 Å². The van der Waals surface area contributed by atoms with Crippen LogP contribution in [0.1, 0.15) is 18.4 Å². The molecule has 92 valence electrons. The molecule has 1 aromatic rings. The molecule has 0 aliphatic carbocycles. The smallest absolute Gasteiger partial charge is 0.131 e. The van der Waals surface area contributed by atoms with Gasteiger partial charge in [-0.2, -0.15) is 0 Å². The Morgan fingerprint density at radius 2 is 1.59 bits per heavy atom. The molecular formula is C13H20N4. The lowest BCUT2D eigenvalue weighted by molar-refractivity contribution is 0.594. The summed E-state index contributed by atoms with van der Waals surface area (Å²) in [5, 5.41) is 3.22. The first-order valence-corrected chi connectivity index (χ1v) is 6.52. The van der Waals surface area contributed by atoms with Crippen molar-refractivity contribution in [2.75, 3.05) is 43.0 Å². The molecule has 4 heteroatoms. The van der Waals surface area contributed by atoms with Crippen LogP contribution in [0.3, 0.4) is 0 Å². The van der Waals surface area contributed by atoms with Crippen LogP contribution in [-0.4, -0.2) is 38.2 Å². The molecule has 0 unspecified atom stereocenters. The van der Waals surface area contributed by atoms with Crippen molar-refractivity contribution in [3.8, 4) is 0 Å². The van der Waals surface area contributed by atoms with Crippen LogP contribution in [0.25, 0.3) is 0 Å². The maximum atomic E-state index is 4.78. The SMILES string of the molecule is CNCc1cc(N2CCC2)nc(N2CCC2)c1. The first-order chi connectivity index (χ1) is 8.36. The van der Waals surface area contributed by atoms with Gasteiger partial charge in [0.05, 0.1) is 0 Å². The first kappa shape index (κ1) is 10.8. The van der Waals surface area contributed by atoms with E-state index in [2.05, 4.69) is 27.2 Å². The Hall–Kier alpha value is -1.29. The minimum atomic E-state index is 0.921. The molecule has 0 saturated carbocycles. The second-order valence-corrected chi connectivity index (χ2v) is 4.90. The van der Waals surface area contributed by atoms with Gasteiger partial charge in [-0.15, -0.1) is 0 Å². The third kappa shape index (κ3) is 2.09. The van der Waals surface area contributed by atoms with Gasteiger partial charge in [-0.25, -0.2) is 4.98 Å². The molecule has 17 heavy (non-hydrogen) atoms. The van der Waals surface area contributed by atoms with Gasteiger partial charge in [0.2, 0.25) is 0 Å². The number of nitrogens with zero attached hydrogens (tertiary/aromatic N) is 3. The van der Waals surface area contributed by atoms with Crippen LogP contribution in [0.2, 0.25) is 0 Å². The zero-order valence-corrected chi connectivity index (χ0v) is 10.4. The zero-order chi connectivity index (χ0) is 11.7. The number of hydrogen-bond donors (Lipinski definition) is 1. The molecule has 0 radical (unpaired) electrons. The summed E-state index contributed by atoms with van der Waals surface area (Å²) in [6.07, 6.45) is 2.61. The third-order valence-corrected chi connectivity index (χ3v) is 3.60. The summed E-state index contributed by atoms with van der Waals surface area (Å²) in [6, 6.07) is 4.44. The van der Waals surface area contributed by atoms with E-state index in [1.165, 1.54) is 18.4 Å². The average Bonchev–Trinajstić information content (AvgIpc) is 2.11. The molecule has 0 atom stereocenters. The van der Waals surface area contributed by atoms with Gasteiger partial charge in [-0.05, 0) is 37.6 Å². The Morgan fingerprint density at radius 3 is 1.94 bits per heavy atom. The summed E-state index contributed by atoms with van der Waals surface area (Å²) < 4.78 is 0. The third-order valence-electron chi connectivity index (χ3n) is 3.60. The van der Waals surface area contributed by atoms with E-state index in [1.54, 1.807) is 0 Å². The number of aromatic nitrogens is 1. The molecule has 0 bridgehead atoms. The van der Waals surface area contributed by atoms with Gasteiger partial charge in [0, 0.05) is 32.7 Å². The van der Waals surface area contributed by atoms with Crippen molar-refractivity contribution in [1.82, 2.24) is 10.3 Å². The van der Waals surface area contributed by atoms with Crippen LogP contribution in [-0.2, 0) is 6.54 Å². The molecule has 3 rings (SSSR count). The van der Waals surface area contributed by atoms with Crippen LogP contribution >= 0.6 is 0 Å². The Labute approximate surface area is 103 Å². The van der Waals surface area contributed by atoms with E-state index >= 15 is 0 Å². The van der Waals surface area contributed by atoms with Crippen molar-refractivity contribution in [3.63, 3.8) is 0 Å². The quantitative estimate of drug-likeness (QED) is 0.846. The molecule has 3 heterocycles. The van der Waals surface area contributed by atoms with Gasteiger partial charge in [-0.1, -0.05) is 0 Å². The highest BCUT2D eigenvalue weighted by Gasteiger charge is 2.20. The van der Waals surface area contributed by atoms with Crippen molar-refractivity contribution in [2.24, 2.45) is 0 Å². The van der Waals surface area contributed by atoms with Gasteiger partial charge in [0.15, 0.2) is 0 Å². The van der Waals surface area contributed by atoms with E-state index in [0.29, 0.717) is 0 Å². The van der Waals surface area contributed by atoms with Crippen molar-refractivity contribution in [1.29, 1.82) is 0 Å². The van der Waals surface area contributed by atoms with Crippen LogP contribution in [0.5, 0.6) is 0 Å². The highest BCUT2D eigenvalue weighted by atomic mass is 15.3. The fourth-order valence-corrected chi connectivity index (χ4v) is 2.28. The highest BCUT2D eigenvalue weighted by Crippen LogP contribution is 2.26. The first-order valence-electron chi connectivity index (χ1n) is 6.52. The zero-order valence-electron chi connectivity index (χ0n) is 10.4. The predicted octanol–water partition coefficient (Wildman–Crippen LogP) is 1.22. The summed E-state index contributed by atoms with van der Waals surface area (Å²) in [7, 11) is 1.99. The maximum absolute atomic E-state index is 4.78. The largest absolute Gasteiger partial charge is 0.356 e. The Morgan fingerprint density at radius 1 is 1.06 bits per heavy atom. The van der Waals surface area contributed by atoms with E-state index in [1.807, 2.05) is 7.05 Å². The van der Waals surface area contributed by atoms with Crippen LogP contribution in [0.4, 0.5) is 11.6 Å². The fourth-order valence-electron chi connectivity index (χ4n) is 2.28. The minimum absolute atomic E-state index is 0.921. The van der Waals surface area contributed by atoms with E-state index in [9.17, 15) is 0 Å². The number of rotatable bonds is 4. The maximum Gasteiger partial charge on any atom is 0.131 e. The monoisotopic (exact) mass is 232 g/mol. The van der Waals surface area contributed by atoms with Crippen LogP contribution in [0.15, 0.2) is 12.1 Å². The topological polar surface area (TPSA) is 31.4 Å². The average molecular weight is 232 g/mol.